The third-order valence-corrected chi connectivity index (χ3v) is 4.23. The van der Waals surface area contributed by atoms with E-state index in [0.717, 1.165) is 12.8 Å². The number of anilines is 1. The molecule has 0 heterocycles. The summed E-state index contributed by atoms with van der Waals surface area (Å²) in [4.78, 5) is 24.6. The van der Waals surface area contributed by atoms with Crippen molar-refractivity contribution in [1.29, 1.82) is 0 Å². The summed E-state index contributed by atoms with van der Waals surface area (Å²) < 4.78 is 0.463. The number of amides is 2. The second-order valence-corrected chi connectivity index (χ2v) is 6.16. The van der Waals surface area contributed by atoms with Crippen LogP contribution in [0, 0.1) is 5.92 Å². The number of hydrogen-bond acceptors (Lipinski definition) is 3. The molecule has 6 nitrogen and oxygen atoms in total. The van der Waals surface area contributed by atoms with Crippen LogP contribution in [0.3, 0.4) is 0 Å². The number of carboxylic acids is 1. The van der Waals surface area contributed by atoms with Gasteiger partial charge in [-0.25, -0.2) is 9.59 Å². The molecular formula is C14H17BrN2O4. The molecule has 3 N–H and O–H groups in total. The second-order valence-electron chi connectivity index (χ2n) is 5.30. The highest BCUT2D eigenvalue weighted by Gasteiger charge is 2.29. The number of nitrogens with zero attached hydrogens (tertiary/aromatic N) is 1. The van der Waals surface area contributed by atoms with Gasteiger partial charge in [-0.3, -0.25) is 0 Å². The van der Waals surface area contributed by atoms with Crippen LogP contribution in [0.25, 0.3) is 0 Å². The summed E-state index contributed by atoms with van der Waals surface area (Å²) in [5.74, 6) is -0.731. The number of halogens is 1. The van der Waals surface area contributed by atoms with Crippen LogP contribution in [-0.4, -0.2) is 46.8 Å². The highest BCUT2D eigenvalue weighted by molar-refractivity contribution is 9.10. The van der Waals surface area contributed by atoms with Gasteiger partial charge in [0.05, 0.1) is 11.7 Å². The molecule has 1 aromatic carbocycles. The van der Waals surface area contributed by atoms with Gasteiger partial charge in [-0.05, 0) is 52.9 Å². The van der Waals surface area contributed by atoms with Gasteiger partial charge in [0.25, 0.3) is 0 Å². The van der Waals surface area contributed by atoms with Gasteiger partial charge in [0.1, 0.15) is 0 Å². The van der Waals surface area contributed by atoms with Crippen LogP contribution in [-0.2, 0) is 0 Å². The van der Waals surface area contributed by atoms with Gasteiger partial charge >= 0.3 is 12.0 Å². The van der Waals surface area contributed by atoms with E-state index in [-0.39, 0.29) is 17.7 Å². The minimum absolute atomic E-state index is 0.0950. The molecule has 0 bridgehead atoms. The number of hydrogen-bond donors (Lipinski definition) is 3. The van der Waals surface area contributed by atoms with Crippen LogP contribution in [0.5, 0.6) is 0 Å². The fourth-order valence-electron chi connectivity index (χ4n) is 2.31. The molecule has 1 saturated carbocycles. The quantitative estimate of drug-likeness (QED) is 0.772. The Labute approximate surface area is 130 Å². The van der Waals surface area contributed by atoms with Gasteiger partial charge in [0.2, 0.25) is 0 Å². The lowest BCUT2D eigenvalue weighted by Gasteiger charge is -2.34. The van der Waals surface area contributed by atoms with Gasteiger partial charge in [-0.1, -0.05) is 0 Å². The summed E-state index contributed by atoms with van der Waals surface area (Å²) in [5.41, 5.74) is 0.527. The molecule has 0 radical (unpaired) electrons. The normalized spacial score (nSPS) is 20.5. The number of carboxylic acid groups (broad SMARTS) is 1. The average Bonchev–Trinajstić information content (AvgIpc) is 2.38. The van der Waals surface area contributed by atoms with Gasteiger partial charge in [0, 0.05) is 23.8 Å². The summed E-state index contributed by atoms with van der Waals surface area (Å²) in [6.45, 7) is 0.575. The summed E-state index contributed by atoms with van der Waals surface area (Å²) in [6, 6.07) is 4.33. The average molecular weight is 357 g/mol. The molecule has 0 unspecified atom stereocenters. The van der Waals surface area contributed by atoms with Gasteiger partial charge < -0.3 is 20.4 Å². The number of carbonyl (C=O) groups excluding carboxylic acids is 1. The van der Waals surface area contributed by atoms with E-state index in [4.69, 9.17) is 5.11 Å². The summed E-state index contributed by atoms with van der Waals surface area (Å²) in [7, 11) is 1.68. The molecule has 1 aromatic rings. The Balaban J connectivity index is 1.95. The Kier molecular flexibility index (Phi) is 4.84. The number of urea groups is 1. The molecule has 2 rings (SSSR count). The number of carbonyl (C=O) groups is 2. The van der Waals surface area contributed by atoms with E-state index in [1.165, 1.54) is 6.07 Å². The third kappa shape index (κ3) is 3.95. The molecule has 1 aliphatic rings. The van der Waals surface area contributed by atoms with Crippen LogP contribution in [0.15, 0.2) is 22.7 Å². The predicted octanol–water partition coefficient (Wildman–Crippen LogP) is 2.38. The number of aromatic carboxylic acids is 1. The summed E-state index contributed by atoms with van der Waals surface area (Å²) >= 11 is 3.15. The van der Waals surface area contributed by atoms with Crippen molar-refractivity contribution in [2.24, 2.45) is 5.92 Å². The van der Waals surface area contributed by atoms with Crippen molar-refractivity contribution >= 4 is 33.6 Å². The topological polar surface area (TPSA) is 89.9 Å². The van der Waals surface area contributed by atoms with Crippen molar-refractivity contribution in [2.45, 2.75) is 18.9 Å². The van der Waals surface area contributed by atoms with Crippen molar-refractivity contribution in [3.8, 4) is 0 Å². The molecule has 0 atom stereocenters. The van der Waals surface area contributed by atoms with Gasteiger partial charge in [-0.15, -0.1) is 0 Å². The molecule has 21 heavy (non-hydrogen) atoms. The molecule has 7 heteroatoms. The lowest BCUT2D eigenvalue weighted by atomic mass is 9.82. The van der Waals surface area contributed by atoms with E-state index in [1.54, 1.807) is 24.1 Å². The van der Waals surface area contributed by atoms with Gasteiger partial charge in [0.15, 0.2) is 0 Å². The maximum Gasteiger partial charge on any atom is 0.336 e. The highest BCUT2D eigenvalue weighted by Crippen LogP contribution is 2.28. The fraction of sp³-hybridized carbons (Fsp3) is 0.429. The van der Waals surface area contributed by atoms with E-state index >= 15 is 0 Å². The summed E-state index contributed by atoms with van der Waals surface area (Å²) in [5, 5.41) is 20.9. The van der Waals surface area contributed by atoms with Crippen LogP contribution >= 0.6 is 15.9 Å². The highest BCUT2D eigenvalue weighted by atomic mass is 79.9. The first kappa shape index (κ1) is 15.8. The first-order valence-corrected chi connectivity index (χ1v) is 7.39. The predicted molar refractivity (Wildman–Crippen MR) is 81.5 cm³/mol. The standard InChI is InChI=1S/C14H17BrN2O4/c1-17(7-8-4-10(18)5-8)14(21)16-9-2-3-12(15)11(6-9)13(19)20/h2-3,6,8,10,18H,4-5,7H2,1H3,(H,16,21)(H,19,20). The molecule has 0 aliphatic heterocycles. The van der Waals surface area contributed by atoms with Crippen LogP contribution in [0.1, 0.15) is 23.2 Å². The maximum atomic E-state index is 12.0. The SMILES string of the molecule is CN(CC1CC(O)C1)C(=O)Nc1ccc(Br)c(C(=O)O)c1. The molecule has 0 aromatic heterocycles. The number of nitrogens with one attached hydrogen (secondary N) is 1. The molecule has 1 fully saturated rings. The first-order valence-electron chi connectivity index (χ1n) is 6.60. The van der Waals surface area contributed by atoms with E-state index in [0.29, 0.717) is 22.6 Å². The third-order valence-electron chi connectivity index (χ3n) is 3.54. The Morgan fingerprint density at radius 2 is 2.10 bits per heavy atom. The Bertz CT molecular complexity index is 558. The fourth-order valence-corrected chi connectivity index (χ4v) is 2.72. The molecule has 2 amide bonds. The largest absolute Gasteiger partial charge is 0.478 e. The Morgan fingerprint density at radius 3 is 2.67 bits per heavy atom. The Morgan fingerprint density at radius 1 is 1.43 bits per heavy atom. The van der Waals surface area contributed by atoms with Crippen LogP contribution in [0.4, 0.5) is 10.5 Å². The van der Waals surface area contributed by atoms with Crippen molar-refractivity contribution in [3.05, 3.63) is 28.2 Å². The lowest BCUT2D eigenvalue weighted by Crippen LogP contribution is -2.41. The first-order chi connectivity index (χ1) is 9.86. The van der Waals surface area contributed by atoms with Crippen molar-refractivity contribution in [1.82, 2.24) is 4.90 Å². The molecule has 0 spiro atoms. The molecule has 114 valence electrons. The second kappa shape index (κ2) is 6.44. The van der Waals surface area contributed by atoms with E-state index < -0.39 is 5.97 Å². The minimum Gasteiger partial charge on any atom is -0.478 e. The molecule has 0 saturated heterocycles. The van der Waals surface area contributed by atoms with Crippen LogP contribution in [0.2, 0.25) is 0 Å². The van der Waals surface area contributed by atoms with Crippen molar-refractivity contribution in [2.75, 3.05) is 18.9 Å². The van der Waals surface area contributed by atoms with E-state index in [2.05, 4.69) is 21.2 Å². The zero-order chi connectivity index (χ0) is 15.6. The number of aliphatic hydroxyl groups is 1. The van der Waals surface area contributed by atoms with E-state index in [9.17, 15) is 14.7 Å². The van der Waals surface area contributed by atoms with Crippen molar-refractivity contribution in [3.63, 3.8) is 0 Å². The number of rotatable bonds is 4. The molecule has 1 aliphatic carbocycles. The summed E-state index contributed by atoms with van der Waals surface area (Å²) in [6.07, 6.45) is 1.20. The van der Waals surface area contributed by atoms with Crippen LogP contribution < -0.4 is 5.32 Å². The zero-order valence-electron chi connectivity index (χ0n) is 11.5. The van der Waals surface area contributed by atoms with E-state index in [1.807, 2.05) is 0 Å². The monoisotopic (exact) mass is 356 g/mol. The number of aliphatic hydroxyl groups excluding tert-OH is 1. The van der Waals surface area contributed by atoms with Crippen molar-refractivity contribution < 1.29 is 19.8 Å². The minimum atomic E-state index is -1.06. The Hall–Kier alpha value is -1.60. The zero-order valence-corrected chi connectivity index (χ0v) is 13.1. The molecular weight excluding hydrogens is 340 g/mol. The number of benzene rings is 1. The maximum absolute atomic E-state index is 12.0. The smallest absolute Gasteiger partial charge is 0.336 e. The van der Waals surface area contributed by atoms with Gasteiger partial charge in [-0.2, -0.15) is 0 Å². The lowest BCUT2D eigenvalue weighted by molar-refractivity contribution is 0.0332.